The SMILES string of the molecule is Cc1cc(Br)cc(NC(C)C#N)c1. The average molecular weight is 239 g/mol. The van der Waals surface area contributed by atoms with Crippen molar-refractivity contribution in [2.24, 2.45) is 0 Å². The average Bonchev–Trinajstić information content (AvgIpc) is 2.02. The number of nitrogens with one attached hydrogen (secondary N) is 1. The Bertz CT molecular complexity index is 321. The molecule has 0 fully saturated rings. The van der Waals surface area contributed by atoms with E-state index < -0.39 is 0 Å². The third-order valence-electron chi connectivity index (χ3n) is 1.62. The fourth-order valence-corrected chi connectivity index (χ4v) is 1.71. The molecule has 1 rings (SSSR count). The fourth-order valence-electron chi connectivity index (χ4n) is 1.10. The van der Waals surface area contributed by atoms with Gasteiger partial charge in [-0.25, -0.2) is 0 Å². The van der Waals surface area contributed by atoms with Gasteiger partial charge in [-0.05, 0) is 37.6 Å². The van der Waals surface area contributed by atoms with Gasteiger partial charge in [0.25, 0.3) is 0 Å². The Labute approximate surface area is 86.7 Å². The van der Waals surface area contributed by atoms with E-state index in [0.29, 0.717) is 0 Å². The number of nitrogens with zero attached hydrogens (tertiary/aromatic N) is 1. The number of aryl methyl sites for hydroxylation is 1. The molecule has 2 nitrogen and oxygen atoms in total. The van der Waals surface area contributed by atoms with Crippen LogP contribution in [0.5, 0.6) is 0 Å². The molecule has 1 aromatic carbocycles. The second-order valence-corrected chi connectivity index (χ2v) is 3.93. The molecule has 0 amide bonds. The maximum Gasteiger partial charge on any atom is 0.111 e. The van der Waals surface area contributed by atoms with Crippen LogP contribution in [-0.2, 0) is 0 Å². The lowest BCUT2D eigenvalue weighted by Gasteiger charge is -2.08. The van der Waals surface area contributed by atoms with Crippen LogP contribution >= 0.6 is 15.9 Å². The zero-order chi connectivity index (χ0) is 9.84. The molecule has 13 heavy (non-hydrogen) atoms. The third-order valence-corrected chi connectivity index (χ3v) is 2.08. The summed E-state index contributed by atoms with van der Waals surface area (Å²) in [5.74, 6) is 0. The van der Waals surface area contributed by atoms with E-state index in [2.05, 4.69) is 27.3 Å². The minimum absolute atomic E-state index is 0.159. The van der Waals surface area contributed by atoms with Crippen molar-refractivity contribution in [1.29, 1.82) is 5.26 Å². The van der Waals surface area contributed by atoms with E-state index in [1.54, 1.807) is 0 Å². The van der Waals surface area contributed by atoms with E-state index in [1.165, 1.54) is 5.56 Å². The fraction of sp³-hybridized carbons (Fsp3) is 0.300. The van der Waals surface area contributed by atoms with Crippen LogP contribution in [0.2, 0.25) is 0 Å². The highest BCUT2D eigenvalue weighted by molar-refractivity contribution is 9.10. The van der Waals surface area contributed by atoms with Crippen molar-refractivity contribution in [1.82, 2.24) is 0 Å². The summed E-state index contributed by atoms with van der Waals surface area (Å²) < 4.78 is 1.03. The molecule has 68 valence electrons. The lowest BCUT2D eigenvalue weighted by Crippen LogP contribution is -2.11. The zero-order valence-corrected chi connectivity index (χ0v) is 9.22. The first-order valence-electron chi connectivity index (χ1n) is 4.05. The van der Waals surface area contributed by atoms with Crippen LogP contribution in [-0.4, -0.2) is 6.04 Å². The van der Waals surface area contributed by atoms with E-state index >= 15 is 0 Å². The zero-order valence-electron chi connectivity index (χ0n) is 7.63. The largest absolute Gasteiger partial charge is 0.370 e. The summed E-state index contributed by atoms with van der Waals surface area (Å²) in [5, 5.41) is 11.7. The van der Waals surface area contributed by atoms with Gasteiger partial charge in [0, 0.05) is 10.2 Å². The standard InChI is InChI=1S/C10H11BrN2/c1-7-3-9(11)5-10(4-7)13-8(2)6-12/h3-5,8,13H,1-2H3. The third kappa shape index (κ3) is 3.08. The van der Waals surface area contributed by atoms with Gasteiger partial charge in [-0.15, -0.1) is 0 Å². The smallest absolute Gasteiger partial charge is 0.111 e. The number of halogens is 1. The van der Waals surface area contributed by atoms with Gasteiger partial charge in [0.2, 0.25) is 0 Å². The molecule has 0 spiro atoms. The highest BCUT2D eigenvalue weighted by atomic mass is 79.9. The second kappa shape index (κ2) is 4.29. The predicted molar refractivity (Wildman–Crippen MR) is 57.6 cm³/mol. The summed E-state index contributed by atoms with van der Waals surface area (Å²) in [6, 6.07) is 7.97. The molecule has 0 saturated heterocycles. The molecule has 1 atom stereocenters. The summed E-state index contributed by atoms with van der Waals surface area (Å²) in [6.45, 7) is 3.85. The van der Waals surface area contributed by atoms with E-state index in [0.717, 1.165) is 10.2 Å². The molecule has 1 N–H and O–H groups in total. The van der Waals surface area contributed by atoms with Crippen LogP contribution in [0.15, 0.2) is 22.7 Å². The first kappa shape index (κ1) is 10.1. The first-order valence-corrected chi connectivity index (χ1v) is 4.84. The Morgan fingerprint density at radius 2 is 2.15 bits per heavy atom. The van der Waals surface area contributed by atoms with Crippen molar-refractivity contribution in [3.05, 3.63) is 28.2 Å². The van der Waals surface area contributed by atoms with Gasteiger partial charge in [0.1, 0.15) is 6.04 Å². The van der Waals surface area contributed by atoms with Crippen molar-refractivity contribution in [2.75, 3.05) is 5.32 Å². The number of hydrogen-bond donors (Lipinski definition) is 1. The normalized spacial score (nSPS) is 11.8. The van der Waals surface area contributed by atoms with E-state index in [4.69, 9.17) is 5.26 Å². The number of nitriles is 1. The second-order valence-electron chi connectivity index (χ2n) is 3.01. The molecule has 0 heterocycles. The number of rotatable bonds is 2. The summed E-state index contributed by atoms with van der Waals surface area (Å²) in [6.07, 6.45) is 0. The molecule has 1 unspecified atom stereocenters. The molecule has 1 aromatic rings. The Morgan fingerprint density at radius 3 is 2.69 bits per heavy atom. The molecule has 0 aliphatic carbocycles. The van der Waals surface area contributed by atoms with Crippen LogP contribution in [0.3, 0.4) is 0 Å². The lowest BCUT2D eigenvalue weighted by molar-refractivity contribution is 1.01. The van der Waals surface area contributed by atoms with Crippen LogP contribution in [0.4, 0.5) is 5.69 Å². The van der Waals surface area contributed by atoms with E-state index in [1.807, 2.05) is 32.0 Å². The van der Waals surface area contributed by atoms with Crippen molar-refractivity contribution in [2.45, 2.75) is 19.9 Å². The van der Waals surface area contributed by atoms with Gasteiger partial charge in [-0.3, -0.25) is 0 Å². The monoisotopic (exact) mass is 238 g/mol. The molecule has 0 radical (unpaired) electrons. The maximum atomic E-state index is 8.61. The van der Waals surface area contributed by atoms with Gasteiger partial charge in [-0.1, -0.05) is 15.9 Å². The van der Waals surface area contributed by atoms with Gasteiger partial charge >= 0.3 is 0 Å². The molecule has 0 aliphatic rings. The van der Waals surface area contributed by atoms with Gasteiger partial charge in [-0.2, -0.15) is 5.26 Å². The summed E-state index contributed by atoms with van der Waals surface area (Å²) in [7, 11) is 0. The quantitative estimate of drug-likeness (QED) is 0.860. The van der Waals surface area contributed by atoms with E-state index in [9.17, 15) is 0 Å². The van der Waals surface area contributed by atoms with Crippen LogP contribution < -0.4 is 5.32 Å². The van der Waals surface area contributed by atoms with Crippen molar-refractivity contribution >= 4 is 21.6 Å². The Hall–Kier alpha value is -1.01. The van der Waals surface area contributed by atoms with Gasteiger partial charge < -0.3 is 5.32 Å². The van der Waals surface area contributed by atoms with E-state index in [-0.39, 0.29) is 6.04 Å². The number of anilines is 1. The first-order chi connectivity index (χ1) is 6.11. The Morgan fingerprint density at radius 1 is 1.46 bits per heavy atom. The van der Waals surface area contributed by atoms with Crippen LogP contribution in [0, 0.1) is 18.3 Å². The molecule has 0 bridgehead atoms. The minimum Gasteiger partial charge on any atom is -0.370 e. The van der Waals surface area contributed by atoms with Gasteiger partial charge in [0.05, 0.1) is 6.07 Å². The highest BCUT2D eigenvalue weighted by Crippen LogP contribution is 2.19. The summed E-state index contributed by atoms with van der Waals surface area (Å²) >= 11 is 3.40. The Balaban J connectivity index is 2.84. The Kier molecular flexibility index (Phi) is 3.32. The van der Waals surface area contributed by atoms with Crippen LogP contribution in [0.25, 0.3) is 0 Å². The molecule has 0 aromatic heterocycles. The number of benzene rings is 1. The molecule has 3 heteroatoms. The summed E-state index contributed by atoms with van der Waals surface area (Å²) in [4.78, 5) is 0. The van der Waals surface area contributed by atoms with Crippen molar-refractivity contribution in [3.63, 3.8) is 0 Å². The summed E-state index contributed by atoms with van der Waals surface area (Å²) in [5.41, 5.74) is 2.14. The van der Waals surface area contributed by atoms with Gasteiger partial charge in [0.15, 0.2) is 0 Å². The highest BCUT2D eigenvalue weighted by Gasteiger charge is 2.00. The number of hydrogen-bond acceptors (Lipinski definition) is 2. The van der Waals surface area contributed by atoms with Crippen LogP contribution in [0.1, 0.15) is 12.5 Å². The molecule has 0 aliphatic heterocycles. The topological polar surface area (TPSA) is 35.8 Å². The molecular weight excluding hydrogens is 228 g/mol. The maximum absolute atomic E-state index is 8.61. The van der Waals surface area contributed by atoms with Crippen molar-refractivity contribution < 1.29 is 0 Å². The lowest BCUT2D eigenvalue weighted by atomic mass is 10.2. The predicted octanol–water partition coefficient (Wildman–Crippen LogP) is 3.08. The van der Waals surface area contributed by atoms with Crippen molar-refractivity contribution in [3.8, 4) is 6.07 Å². The minimum atomic E-state index is -0.159. The molecule has 0 saturated carbocycles. The molecular formula is C10H11BrN2.